The SMILES string of the molecule is Cc1cccc2c1Oc1ccccc1C21OC(=O)c2ccccc21. The van der Waals surface area contributed by atoms with Crippen molar-refractivity contribution in [3.8, 4) is 11.5 Å². The molecule has 24 heavy (non-hydrogen) atoms. The average molecular weight is 314 g/mol. The summed E-state index contributed by atoms with van der Waals surface area (Å²) in [6.07, 6.45) is 0. The van der Waals surface area contributed by atoms with Gasteiger partial charge in [-0.05, 0) is 24.6 Å². The lowest BCUT2D eigenvalue weighted by atomic mass is 9.77. The van der Waals surface area contributed by atoms with E-state index in [1.54, 1.807) is 0 Å². The minimum Gasteiger partial charge on any atom is -0.456 e. The van der Waals surface area contributed by atoms with Crippen molar-refractivity contribution in [3.63, 3.8) is 0 Å². The highest BCUT2D eigenvalue weighted by Crippen LogP contribution is 2.56. The standard InChI is InChI=1S/C21H14O3/c1-13-7-6-11-17-19(13)23-18-12-5-4-10-16(18)21(17)15-9-3-2-8-14(15)20(22)24-21/h2-12H,1H3. The molecule has 2 heterocycles. The molecule has 0 aromatic heterocycles. The van der Waals surface area contributed by atoms with Gasteiger partial charge < -0.3 is 9.47 Å². The second-order valence-electron chi connectivity index (χ2n) is 6.17. The van der Waals surface area contributed by atoms with E-state index in [2.05, 4.69) is 0 Å². The molecule has 0 fully saturated rings. The smallest absolute Gasteiger partial charge is 0.340 e. The van der Waals surface area contributed by atoms with Crippen LogP contribution in [0.5, 0.6) is 11.5 Å². The maximum absolute atomic E-state index is 12.6. The van der Waals surface area contributed by atoms with Gasteiger partial charge in [-0.25, -0.2) is 4.79 Å². The average Bonchev–Trinajstić information content (AvgIpc) is 2.91. The molecule has 3 aromatic rings. The Hall–Kier alpha value is -3.07. The molecule has 0 aliphatic carbocycles. The summed E-state index contributed by atoms with van der Waals surface area (Å²) in [5.74, 6) is 1.19. The molecule has 3 aromatic carbocycles. The fourth-order valence-corrected chi connectivity index (χ4v) is 3.78. The van der Waals surface area contributed by atoms with Crippen LogP contribution in [-0.4, -0.2) is 5.97 Å². The van der Waals surface area contributed by atoms with Crippen molar-refractivity contribution >= 4 is 5.97 Å². The van der Waals surface area contributed by atoms with Crippen molar-refractivity contribution < 1.29 is 14.3 Å². The molecule has 0 bridgehead atoms. The Morgan fingerprint density at radius 3 is 2.38 bits per heavy atom. The lowest BCUT2D eigenvalue weighted by molar-refractivity contribution is 0.0224. The summed E-state index contributed by atoms with van der Waals surface area (Å²) < 4.78 is 12.2. The molecule has 0 amide bonds. The Kier molecular flexibility index (Phi) is 2.50. The summed E-state index contributed by atoms with van der Waals surface area (Å²) in [5, 5.41) is 0. The molecule has 3 heteroatoms. The van der Waals surface area contributed by atoms with Crippen LogP contribution in [0.25, 0.3) is 0 Å². The second-order valence-corrected chi connectivity index (χ2v) is 6.17. The van der Waals surface area contributed by atoms with Gasteiger partial charge in [-0.2, -0.15) is 0 Å². The highest BCUT2D eigenvalue weighted by molar-refractivity contribution is 5.97. The van der Waals surface area contributed by atoms with Crippen molar-refractivity contribution in [1.29, 1.82) is 0 Å². The molecule has 0 saturated carbocycles. The van der Waals surface area contributed by atoms with Crippen LogP contribution in [0.1, 0.15) is 32.6 Å². The third kappa shape index (κ3) is 1.49. The fourth-order valence-electron chi connectivity index (χ4n) is 3.78. The first-order chi connectivity index (χ1) is 11.7. The summed E-state index contributed by atoms with van der Waals surface area (Å²) in [6, 6.07) is 21.3. The minimum atomic E-state index is -0.941. The largest absolute Gasteiger partial charge is 0.456 e. The number of fused-ring (bicyclic) bond motifs is 6. The number of benzene rings is 3. The van der Waals surface area contributed by atoms with Crippen molar-refractivity contribution in [3.05, 3.63) is 94.5 Å². The quantitative estimate of drug-likeness (QED) is 0.571. The molecule has 1 unspecified atom stereocenters. The van der Waals surface area contributed by atoms with Crippen LogP contribution in [0, 0.1) is 6.92 Å². The predicted octanol–water partition coefficient (Wildman–Crippen LogP) is 4.56. The number of ether oxygens (including phenoxy) is 2. The Labute approximate surface area is 139 Å². The van der Waals surface area contributed by atoms with Crippen LogP contribution < -0.4 is 4.74 Å². The third-order valence-corrected chi connectivity index (χ3v) is 4.84. The number of carbonyl (C=O) groups is 1. The normalized spacial score (nSPS) is 20.0. The molecule has 5 rings (SSSR count). The molecular formula is C21H14O3. The Balaban J connectivity index is 1.94. The maximum Gasteiger partial charge on any atom is 0.340 e. The van der Waals surface area contributed by atoms with Gasteiger partial charge in [0, 0.05) is 16.7 Å². The van der Waals surface area contributed by atoms with Gasteiger partial charge in [0.05, 0.1) is 5.56 Å². The van der Waals surface area contributed by atoms with Gasteiger partial charge in [0.1, 0.15) is 11.5 Å². The zero-order valence-electron chi connectivity index (χ0n) is 13.1. The van der Waals surface area contributed by atoms with E-state index in [4.69, 9.17) is 9.47 Å². The first kappa shape index (κ1) is 13.4. The van der Waals surface area contributed by atoms with E-state index in [0.717, 1.165) is 33.8 Å². The van der Waals surface area contributed by atoms with Crippen molar-refractivity contribution in [2.75, 3.05) is 0 Å². The molecule has 2 aliphatic heterocycles. The first-order valence-corrected chi connectivity index (χ1v) is 7.92. The molecule has 1 atom stereocenters. The summed E-state index contributed by atoms with van der Waals surface area (Å²) in [5.41, 5.74) is 3.30. The van der Waals surface area contributed by atoms with Gasteiger partial charge in [0.15, 0.2) is 5.60 Å². The molecule has 116 valence electrons. The third-order valence-electron chi connectivity index (χ3n) is 4.84. The molecule has 0 radical (unpaired) electrons. The van der Waals surface area contributed by atoms with Gasteiger partial charge >= 0.3 is 5.97 Å². The van der Waals surface area contributed by atoms with Crippen molar-refractivity contribution in [2.24, 2.45) is 0 Å². The van der Waals surface area contributed by atoms with E-state index in [1.807, 2.05) is 73.7 Å². The molecule has 2 aliphatic rings. The highest BCUT2D eigenvalue weighted by Gasteiger charge is 2.53. The monoisotopic (exact) mass is 314 g/mol. The lowest BCUT2D eigenvalue weighted by Gasteiger charge is -2.37. The zero-order valence-corrected chi connectivity index (χ0v) is 13.1. The van der Waals surface area contributed by atoms with Gasteiger partial charge in [-0.15, -0.1) is 0 Å². The number of carbonyl (C=O) groups excluding carboxylic acids is 1. The van der Waals surface area contributed by atoms with E-state index in [9.17, 15) is 4.79 Å². The molecule has 1 spiro atoms. The van der Waals surface area contributed by atoms with Crippen LogP contribution in [0.15, 0.2) is 66.7 Å². The zero-order chi connectivity index (χ0) is 16.3. The number of para-hydroxylation sites is 2. The van der Waals surface area contributed by atoms with Gasteiger partial charge in [0.25, 0.3) is 0 Å². The van der Waals surface area contributed by atoms with Crippen LogP contribution in [0.3, 0.4) is 0 Å². The predicted molar refractivity (Wildman–Crippen MR) is 89.4 cm³/mol. The van der Waals surface area contributed by atoms with Crippen LogP contribution in [0.4, 0.5) is 0 Å². The number of hydrogen-bond acceptors (Lipinski definition) is 3. The fraction of sp³-hybridized carbons (Fsp3) is 0.0952. The van der Waals surface area contributed by atoms with Crippen LogP contribution in [-0.2, 0) is 10.3 Å². The number of hydrogen-bond donors (Lipinski definition) is 0. The summed E-state index contributed by atoms with van der Waals surface area (Å²) >= 11 is 0. The Morgan fingerprint density at radius 1 is 0.792 bits per heavy atom. The summed E-state index contributed by atoms with van der Waals surface area (Å²) in [6.45, 7) is 2.00. The Bertz CT molecular complexity index is 1010. The topological polar surface area (TPSA) is 35.5 Å². The Morgan fingerprint density at radius 2 is 1.50 bits per heavy atom. The molecule has 0 saturated heterocycles. The number of aryl methyl sites for hydroxylation is 1. The van der Waals surface area contributed by atoms with E-state index in [1.165, 1.54) is 0 Å². The van der Waals surface area contributed by atoms with Crippen molar-refractivity contribution in [2.45, 2.75) is 12.5 Å². The summed E-state index contributed by atoms with van der Waals surface area (Å²) in [7, 11) is 0. The van der Waals surface area contributed by atoms with Crippen molar-refractivity contribution in [1.82, 2.24) is 0 Å². The van der Waals surface area contributed by atoms with Gasteiger partial charge in [-0.1, -0.05) is 54.6 Å². The maximum atomic E-state index is 12.6. The van der Waals surface area contributed by atoms with Crippen LogP contribution in [0.2, 0.25) is 0 Å². The van der Waals surface area contributed by atoms with Gasteiger partial charge in [-0.3, -0.25) is 0 Å². The number of esters is 1. The van der Waals surface area contributed by atoms with E-state index >= 15 is 0 Å². The second kappa shape index (κ2) is 4.48. The lowest BCUT2D eigenvalue weighted by Crippen LogP contribution is -2.33. The molecule has 0 N–H and O–H groups in total. The van der Waals surface area contributed by atoms with E-state index in [-0.39, 0.29) is 5.97 Å². The van der Waals surface area contributed by atoms with Crippen LogP contribution >= 0.6 is 0 Å². The first-order valence-electron chi connectivity index (χ1n) is 7.92. The highest BCUT2D eigenvalue weighted by atomic mass is 16.6. The summed E-state index contributed by atoms with van der Waals surface area (Å²) in [4.78, 5) is 12.6. The van der Waals surface area contributed by atoms with Gasteiger partial charge in [0.2, 0.25) is 0 Å². The number of rotatable bonds is 0. The molecule has 3 nitrogen and oxygen atoms in total. The van der Waals surface area contributed by atoms with E-state index < -0.39 is 5.60 Å². The van der Waals surface area contributed by atoms with E-state index in [0.29, 0.717) is 5.56 Å². The molecular weight excluding hydrogens is 300 g/mol. The minimum absolute atomic E-state index is 0.297.